The Hall–Kier alpha value is -5.14. The molecule has 14 nitrogen and oxygen atoms in total. The van der Waals surface area contributed by atoms with Crippen LogP contribution in [0.4, 0.5) is 17.6 Å². The van der Waals surface area contributed by atoms with Crippen molar-refractivity contribution >= 4 is 35.4 Å². The van der Waals surface area contributed by atoms with E-state index in [1.165, 1.54) is 13.0 Å². The van der Waals surface area contributed by atoms with Gasteiger partial charge in [-0.2, -0.15) is 15.0 Å². The van der Waals surface area contributed by atoms with Gasteiger partial charge in [-0.25, -0.2) is 4.79 Å². The first-order valence-corrected chi connectivity index (χ1v) is 14.5. The van der Waals surface area contributed by atoms with Gasteiger partial charge >= 0.3 is 12.0 Å². The highest BCUT2D eigenvalue weighted by Gasteiger charge is 2.23. The molecule has 2 aliphatic rings. The van der Waals surface area contributed by atoms with Crippen molar-refractivity contribution in [2.75, 3.05) is 37.0 Å². The van der Waals surface area contributed by atoms with Crippen LogP contribution < -0.4 is 35.5 Å². The number of aliphatic carboxylic acids is 1. The molecular formula is C30H37N7O7. The zero-order chi connectivity index (χ0) is 31.3. The van der Waals surface area contributed by atoms with Crippen LogP contribution in [0.1, 0.15) is 55.5 Å². The molecule has 3 aromatic rings. The summed E-state index contributed by atoms with van der Waals surface area (Å²) in [6.45, 7) is 4.55. The number of carboxylic acid groups (broad SMARTS) is 1. The van der Waals surface area contributed by atoms with Gasteiger partial charge in [0.25, 0.3) is 5.91 Å². The number of nitrogens with zero attached hydrogens (tertiary/aromatic N) is 3. The smallest absolute Gasteiger partial charge is 0.328 e. The maximum absolute atomic E-state index is 13.2. The number of anilines is 3. The zero-order valence-electron chi connectivity index (χ0n) is 24.7. The average Bonchev–Trinajstić information content (AvgIpc) is 2.99. The van der Waals surface area contributed by atoms with Gasteiger partial charge in [0.05, 0.1) is 25.4 Å². The van der Waals surface area contributed by atoms with Gasteiger partial charge in [-0.05, 0) is 62.4 Å². The zero-order valence-corrected chi connectivity index (χ0v) is 24.7. The van der Waals surface area contributed by atoms with Crippen LogP contribution in [0.3, 0.4) is 0 Å². The third kappa shape index (κ3) is 9.71. The normalized spacial score (nSPS) is 14.2. The lowest BCUT2D eigenvalue weighted by molar-refractivity contribution is -0.139. The first-order chi connectivity index (χ1) is 21.3. The molecule has 0 aliphatic carbocycles. The number of fused-ring (bicyclic) bond motifs is 10. The highest BCUT2D eigenvalue weighted by atomic mass is 16.5. The number of carbonyl (C=O) groups is 3. The Labute approximate surface area is 254 Å². The summed E-state index contributed by atoms with van der Waals surface area (Å²) >= 11 is 0. The molecule has 0 saturated heterocycles. The lowest BCUT2D eigenvalue weighted by Gasteiger charge is -2.18. The van der Waals surface area contributed by atoms with Crippen molar-refractivity contribution in [3.8, 4) is 17.5 Å². The highest BCUT2D eigenvalue weighted by Crippen LogP contribution is 2.27. The SMILES string of the molecule is CCOc1nc2nc(n1)Nc1ccc(C(=O)N[C@@H](CNC(C)=O)C(=O)O)c(c1)OCCCCCCOc1ccc(cc1)CN2. The van der Waals surface area contributed by atoms with E-state index in [1.807, 2.05) is 31.2 Å². The third-order valence-electron chi connectivity index (χ3n) is 6.47. The van der Waals surface area contributed by atoms with E-state index in [1.54, 1.807) is 12.1 Å². The number of amides is 2. The van der Waals surface area contributed by atoms with E-state index in [0.717, 1.165) is 37.0 Å². The molecule has 0 fully saturated rings. The quantitative estimate of drug-likeness (QED) is 0.264. The maximum Gasteiger partial charge on any atom is 0.328 e. The van der Waals surface area contributed by atoms with Crippen molar-refractivity contribution < 1.29 is 33.7 Å². The number of hydrogen-bond donors (Lipinski definition) is 5. The summed E-state index contributed by atoms with van der Waals surface area (Å²) in [6, 6.07) is 11.4. The first kappa shape index (κ1) is 31.8. The monoisotopic (exact) mass is 607 g/mol. The number of benzene rings is 2. The van der Waals surface area contributed by atoms with E-state index >= 15 is 0 Å². The molecule has 5 N–H and O–H groups in total. The number of carbonyl (C=O) groups excluding carboxylic acids is 2. The molecule has 0 unspecified atom stereocenters. The van der Waals surface area contributed by atoms with Crippen LogP contribution in [-0.2, 0) is 16.1 Å². The number of carboxylic acids is 1. The van der Waals surface area contributed by atoms with Crippen LogP contribution >= 0.6 is 0 Å². The molecule has 3 heterocycles. The van der Waals surface area contributed by atoms with Gasteiger partial charge in [0.15, 0.2) is 0 Å². The number of hydrogen-bond acceptors (Lipinski definition) is 11. The van der Waals surface area contributed by atoms with Gasteiger partial charge in [0.2, 0.25) is 17.8 Å². The Bertz CT molecular complexity index is 1440. The minimum atomic E-state index is -1.33. The van der Waals surface area contributed by atoms with Crippen molar-refractivity contribution in [2.45, 2.75) is 52.1 Å². The maximum atomic E-state index is 13.2. The molecule has 5 rings (SSSR count). The van der Waals surface area contributed by atoms with E-state index in [4.69, 9.17) is 14.2 Å². The molecule has 44 heavy (non-hydrogen) atoms. The van der Waals surface area contributed by atoms with Crippen molar-refractivity contribution in [3.63, 3.8) is 0 Å². The van der Waals surface area contributed by atoms with E-state index in [2.05, 4.69) is 36.2 Å². The number of rotatable bonds is 7. The van der Waals surface area contributed by atoms with Crippen LogP contribution in [0, 0.1) is 0 Å². The van der Waals surface area contributed by atoms with Gasteiger partial charge in [-0.15, -0.1) is 0 Å². The van der Waals surface area contributed by atoms with Crippen LogP contribution in [-0.4, -0.2) is 70.2 Å². The summed E-state index contributed by atoms with van der Waals surface area (Å²) in [7, 11) is 0. The summed E-state index contributed by atoms with van der Waals surface area (Å²) < 4.78 is 17.4. The number of aromatic nitrogens is 3. The van der Waals surface area contributed by atoms with Crippen molar-refractivity contribution in [3.05, 3.63) is 53.6 Å². The number of ether oxygens (including phenoxy) is 3. The molecule has 1 atom stereocenters. The fourth-order valence-electron chi connectivity index (χ4n) is 4.22. The summed E-state index contributed by atoms with van der Waals surface area (Å²) in [4.78, 5) is 49.3. The molecule has 6 bridgehead atoms. The second-order valence-electron chi connectivity index (χ2n) is 9.94. The third-order valence-corrected chi connectivity index (χ3v) is 6.47. The second-order valence-corrected chi connectivity index (χ2v) is 9.94. The van der Waals surface area contributed by atoms with E-state index in [-0.39, 0.29) is 29.8 Å². The Morgan fingerprint density at radius 3 is 2.41 bits per heavy atom. The Balaban J connectivity index is 1.60. The van der Waals surface area contributed by atoms with E-state index in [9.17, 15) is 19.5 Å². The average molecular weight is 608 g/mol. The van der Waals surface area contributed by atoms with Crippen LogP contribution in [0.2, 0.25) is 0 Å². The fraction of sp³-hybridized carbons (Fsp3) is 0.400. The summed E-state index contributed by atoms with van der Waals surface area (Å²) in [5.74, 6) is -0.831. The van der Waals surface area contributed by atoms with E-state index in [0.29, 0.717) is 38.0 Å². The minimum Gasteiger partial charge on any atom is -0.494 e. The molecule has 0 spiro atoms. The van der Waals surface area contributed by atoms with Gasteiger partial charge in [0, 0.05) is 31.8 Å². The Morgan fingerprint density at radius 1 is 0.977 bits per heavy atom. The molecule has 234 valence electrons. The van der Waals surface area contributed by atoms with Crippen molar-refractivity contribution in [1.29, 1.82) is 0 Å². The molecule has 2 aromatic carbocycles. The van der Waals surface area contributed by atoms with Gasteiger partial charge in [-0.3, -0.25) is 9.59 Å². The molecule has 0 saturated carbocycles. The topological polar surface area (TPSA) is 186 Å². The van der Waals surface area contributed by atoms with Crippen molar-refractivity contribution in [2.24, 2.45) is 0 Å². The van der Waals surface area contributed by atoms with Crippen LogP contribution in [0.15, 0.2) is 42.5 Å². The highest BCUT2D eigenvalue weighted by molar-refractivity contribution is 5.99. The summed E-state index contributed by atoms with van der Waals surface area (Å²) in [5, 5.41) is 20.7. The predicted octanol–water partition coefficient (Wildman–Crippen LogP) is 3.28. The van der Waals surface area contributed by atoms with Crippen molar-refractivity contribution in [1.82, 2.24) is 25.6 Å². The first-order valence-electron chi connectivity index (χ1n) is 14.5. The van der Waals surface area contributed by atoms with Gasteiger partial charge < -0.3 is 40.6 Å². The van der Waals surface area contributed by atoms with Gasteiger partial charge in [0.1, 0.15) is 17.5 Å². The largest absolute Gasteiger partial charge is 0.494 e. The van der Waals surface area contributed by atoms with Crippen LogP contribution in [0.25, 0.3) is 0 Å². The molecule has 2 amide bonds. The van der Waals surface area contributed by atoms with Crippen LogP contribution in [0.5, 0.6) is 17.5 Å². The number of nitrogens with one attached hydrogen (secondary N) is 4. The standard InChI is InChI=1S/C30H37N7O7/c1-3-42-30-36-28-32-17-20-8-11-22(12-9-20)43-14-6-4-5-7-15-44-25-16-21(33-29(35-28)37-30)10-13-23(25)26(39)34-24(27(40)41)18-31-19(2)38/h8-13,16,24H,3-7,14-15,17-18H2,1-2H3,(H,31,38)(H,34,39)(H,40,41)(H2,32,33,35,36,37)/t24-/m0/s1. The molecular weight excluding hydrogens is 570 g/mol. The lowest BCUT2D eigenvalue weighted by atomic mass is 10.1. The molecule has 2 aliphatic heterocycles. The predicted molar refractivity (Wildman–Crippen MR) is 162 cm³/mol. The molecule has 14 heteroatoms. The summed E-state index contributed by atoms with van der Waals surface area (Å²) in [5.41, 5.74) is 1.66. The summed E-state index contributed by atoms with van der Waals surface area (Å²) in [6.07, 6.45) is 3.43. The second kappa shape index (κ2) is 15.9. The Kier molecular flexibility index (Phi) is 11.5. The minimum absolute atomic E-state index is 0.126. The Morgan fingerprint density at radius 2 is 1.70 bits per heavy atom. The molecule has 0 radical (unpaired) electrons. The van der Waals surface area contributed by atoms with Gasteiger partial charge in [-0.1, -0.05) is 12.1 Å². The fourth-order valence-corrected chi connectivity index (χ4v) is 4.22. The molecule has 1 aromatic heterocycles. The van der Waals surface area contributed by atoms with E-state index < -0.39 is 23.8 Å². The lowest BCUT2D eigenvalue weighted by Crippen LogP contribution is -2.48.